The van der Waals surface area contributed by atoms with Crippen molar-refractivity contribution in [2.75, 3.05) is 17.7 Å². The molecule has 1 fully saturated rings. The fraction of sp³-hybridized carbons (Fsp3) is 0.417. The average Bonchev–Trinajstić information content (AvgIpc) is 3.11. The van der Waals surface area contributed by atoms with Gasteiger partial charge in [0.25, 0.3) is 0 Å². The van der Waals surface area contributed by atoms with E-state index in [2.05, 4.69) is 10.6 Å². The standard InChI is InChI=1S/C12H14N2O2/c1-16-9-4-2-3-8-11(9)14-12(15)10(13-8)7-5-6-7/h2-4,7,10,13H,5-6H2,1H3,(H,14,15). The number of carbonyl (C=O) groups excluding carboxylic acids is 1. The number of benzene rings is 1. The van der Waals surface area contributed by atoms with Gasteiger partial charge < -0.3 is 15.4 Å². The SMILES string of the molecule is COc1cccc2c1NC(=O)C(C1CC1)N2. The van der Waals surface area contributed by atoms with Crippen LogP contribution in [0.5, 0.6) is 5.75 Å². The van der Waals surface area contributed by atoms with Gasteiger partial charge in [0.1, 0.15) is 17.5 Å². The predicted molar refractivity (Wildman–Crippen MR) is 61.8 cm³/mol. The van der Waals surface area contributed by atoms with E-state index in [1.165, 1.54) is 0 Å². The van der Waals surface area contributed by atoms with Crippen LogP contribution in [0.4, 0.5) is 11.4 Å². The largest absolute Gasteiger partial charge is 0.494 e. The number of ether oxygens (including phenoxy) is 1. The number of para-hydroxylation sites is 1. The van der Waals surface area contributed by atoms with Crippen LogP contribution in [0.1, 0.15) is 12.8 Å². The molecule has 0 bridgehead atoms. The van der Waals surface area contributed by atoms with Crippen molar-refractivity contribution < 1.29 is 9.53 Å². The second-order valence-corrected chi connectivity index (χ2v) is 4.33. The van der Waals surface area contributed by atoms with Gasteiger partial charge in [-0.1, -0.05) is 6.07 Å². The zero-order chi connectivity index (χ0) is 11.1. The molecule has 1 unspecified atom stereocenters. The molecule has 1 aromatic carbocycles. The van der Waals surface area contributed by atoms with E-state index in [1.807, 2.05) is 18.2 Å². The van der Waals surface area contributed by atoms with Crippen molar-refractivity contribution in [3.05, 3.63) is 18.2 Å². The summed E-state index contributed by atoms with van der Waals surface area (Å²) in [5.74, 6) is 1.26. The maximum atomic E-state index is 11.9. The van der Waals surface area contributed by atoms with Crippen LogP contribution in [0.3, 0.4) is 0 Å². The average molecular weight is 218 g/mol. The van der Waals surface area contributed by atoms with Crippen LogP contribution in [0.25, 0.3) is 0 Å². The smallest absolute Gasteiger partial charge is 0.247 e. The van der Waals surface area contributed by atoms with E-state index in [9.17, 15) is 4.79 Å². The molecule has 0 radical (unpaired) electrons. The van der Waals surface area contributed by atoms with E-state index in [1.54, 1.807) is 7.11 Å². The molecule has 4 heteroatoms. The van der Waals surface area contributed by atoms with Crippen molar-refractivity contribution in [1.29, 1.82) is 0 Å². The molecule has 1 aliphatic carbocycles. The minimum absolute atomic E-state index is 0.0551. The lowest BCUT2D eigenvalue weighted by atomic mass is 10.1. The van der Waals surface area contributed by atoms with Crippen LogP contribution >= 0.6 is 0 Å². The number of nitrogens with one attached hydrogen (secondary N) is 2. The zero-order valence-electron chi connectivity index (χ0n) is 9.12. The lowest BCUT2D eigenvalue weighted by molar-refractivity contribution is -0.117. The minimum atomic E-state index is -0.0698. The molecule has 1 saturated carbocycles. The fourth-order valence-corrected chi connectivity index (χ4v) is 2.15. The topological polar surface area (TPSA) is 50.4 Å². The Balaban J connectivity index is 1.96. The molecule has 0 aromatic heterocycles. The first-order chi connectivity index (χ1) is 7.79. The van der Waals surface area contributed by atoms with Crippen molar-refractivity contribution >= 4 is 17.3 Å². The number of amides is 1. The van der Waals surface area contributed by atoms with Crippen molar-refractivity contribution in [3.8, 4) is 5.75 Å². The summed E-state index contributed by atoms with van der Waals surface area (Å²) >= 11 is 0. The first-order valence-electron chi connectivity index (χ1n) is 5.54. The van der Waals surface area contributed by atoms with Gasteiger partial charge in [-0.15, -0.1) is 0 Å². The molecule has 2 N–H and O–H groups in total. The molecule has 1 aromatic rings. The highest BCUT2D eigenvalue weighted by molar-refractivity contribution is 6.04. The number of carbonyl (C=O) groups is 1. The van der Waals surface area contributed by atoms with E-state index in [-0.39, 0.29) is 11.9 Å². The zero-order valence-corrected chi connectivity index (χ0v) is 9.12. The number of hydrogen-bond acceptors (Lipinski definition) is 3. The molecule has 2 aliphatic rings. The van der Waals surface area contributed by atoms with Gasteiger partial charge in [-0.3, -0.25) is 4.79 Å². The summed E-state index contributed by atoms with van der Waals surface area (Å²) in [5, 5.41) is 6.22. The van der Waals surface area contributed by atoms with Gasteiger partial charge in [-0.05, 0) is 30.9 Å². The highest BCUT2D eigenvalue weighted by Crippen LogP contribution is 2.41. The Morgan fingerprint density at radius 2 is 2.19 bits per heavy atom. The molecule has 1 heterocycles. The maximum absolute atomic E-state index is 11.9. The Bertz CT molecular complexity index is 441. The highest BCUT2D eigenvalue weighted by atomic mass is 16.5. The van der Waals surface area contributed by atoms with Crippen LogP contribution in [0.15, 0.2) is 18.2 Å². The molecular formula is C12H14N2O2. The third-order valence-corrected chi connectivity index (χ3v) is 3.18. The van der Waals surface area contributed by atoms with Gasteiger partial charge in [0.2, 0.25) is 5.91 Å². The van der Waals surface area contributed by atoms with Crippen molar-refractivity contribution in [1.82, 2.24) is 0 Å². The number of fused-ring (bicyclic) bond motifs is 1. The van der Waals surface area contributed by atoms with Crippen molar-refractivity contribution in [3.63, 3.8) is 0 Å². The molecule has 1 aliphatic heterocycles. The van der Waals surface area contributed by atoms with Crippen molar-refractivity contribution in [2.24, 2.45) is 5.92 Å². The summed E-state index contributed by atoms with van der Waals surface area (Å²) < 4.78 is 5.22. The summed E-state index contributed by atoms with van der Waals surface area (Å²) in [5.41, 5.74) is 1.71. The minimum Gasteiger partial charge on any atom is -0.494 e. The summed E-state index contributed by atoms with van der Waals surface area (Å²) in [7, 11) is 1.61. The molecular weight excluding hydrogens is 204 g/mol. The first kappa shape index (κ1) is 9.51. The van der Waals surface area contributed by atoms with Crippen LogP contribution in [0, 0.1) is 5.92 Å². The Labute approximate surface area is 94.0 Å². The van der Waals surface area contributed by atoms with E-state index in [0.717, 1.165) is 24.2 Å². The molecule has 1 amide bonds. The van der Waals surface area contributed by atoms with Crippen molar-refractivity contribution in [2.45, 2.75) is 18.9 Å². The normalized spacial score (nSPS) is 23.1. The number of hydrogen-bond donors (Lipinski definition) is 2. The number of anilines is 2. The second-order valence-electron chi connectivity index (χ2n) is 4.33. The maximum Gasteiger partial charge on any atom is 0.247 e. The van der Waals surface area contributed by atoms with E-state index in [0.29, 0.717) is 11.7 Å². The van der Waals surface area contributed by atoms with Gasteiger partial charge in [0, 0.05) is 0 Å². The lowest BCUT2D eigenvalue weighted by Gasteiger charge is -2.27. The summed E-state index contributed by atoms with van der Waals surface area (Å²) in [6.45, 7) is 0. The quantitative estimate of drug-likeness (QED) is 0.796. The lowest BCUT2D eigenvalue weighted by Crippen LogP contribution is -2.40. The molecule has 16 heavy (non-hydrogen) atoms. The molecule has 3 rings (SSSR count). The Hall–Kier alpha value is -1.71. The second kappa shape index (κ2) is 3.40. The van der Waals surface area contributed by atoms with Gasteiger partial charge in [0.05, 0.1) is 12.8 Å². The summed E-state index contributed by atoms with van der Waals surface area (Å²) in [6.07, 6.45) is 2.29. The molecule has 1 atom stereocenters. The predicted octanol–water partition coefficient (Wildman–Crippen LogP) is 1.84. The third kappa shape index (κ3) is 1.41. The van der Waals surface area contributed by atoms with E-state index >= 15 is 0 Å². The Morgan fingerprint density at radius 1 is 1.38 bits per heavy atom. The van der Waals surface area contributed by atoms with E-state index < -0.39 is 0 Å². The molecule has 84 valence electrons. The summed E-state index contributed by atoms with van der Waals surface area (Å²) in [4.78, 5) is 11.9. The van der Waals surface area contributed by atoms with E-state index in [4.69, 9.17) is 4.74 Å². The van der Waals surface area contributed by atoms with Crippen LogP contribution in [-0.4, -0.2) is 19.1 Å². The highest BCUT2D eigenvalue weighted by Gasteiger charge is 2.39. The van der Waals surface area contributed by atoms with Crippen LogP contribution in [-0.2, 0) is 4.79 Å². The monoisotopic (exact) mass is 218 g/mol. The Kier molecular flexibility index (Phi) is 2.02. The van der Waals surface area contributed by atoms with Crippen LogP contribution in [0.2, 0.25) is 0 Å². The van der Waals surface area contributed by atoms with Gasteiger partial charge in [-0.2, -0.15) is 0 Å². The molecule has 4 nitrogen and oxygen atoms in total. The first-order valence-corrected chi connectivity index (χ1v) is 5.54. The third-order valence-electron chi connectivity index (χ3n) is 3.18. The molecule has 0 spiro atoms. The fourth-order valence-electron chi connectivity index (χ4n) is 2.15. The number of rotatable bonds is 2. The Morgan fingerprint density at radius 3 is 2.88 bits per heavy atom. The summed E-state index contributed by atoms with van der Waals surface area (Å²) in [6, 6.07) is 5.66. The van der Waals surface area contributed by atoms with Crippen LogP contribution < -0.4 is 15.4 Å². The molecule has 0 saturated heterocycles. The number of methoxy groups -OCH3 is 1. The van der Waals surface area contributed by atoms with Gasteiger partial charge in [-0.25, -0.2) is 0 Å². The van der Waals surface area contributed by atoms with Gasteiger partial charge in [0.15, 0.2) is 0 Å². The van der Waals surface area contributed by atoms with Gasteiger partial charge >= 0.3 is 0 Å².